The average Bonchev–Trinajstić information content (AvgIpc) is 3.37. The molecular formula is C32H20N3+. The van der Waals surface area contributed by atoms with Gasteiger partial charge in [0.15, 0.2) is 6.20 Å². The summed E-state index contributed by atoms with van der Waals surface area (Å²) >= 11 is 0. The maximum absolute atomic E-state index is 2.53. The fourth-order valence-electron chi connectivity index (χ4n) is 6.65. The van der Waals surface area contributed by atoms with Crippen molar-refractivity contribution in [2.75, 3.05) is 0 Å². The topological polar surface area (TPSA) is 13.7 Å². The minimum atomic E-state index is 0.789. The third kappa shape index (κ3) is 2.02. The van der Waals surface area contributed by atoms with Crippen LogP contribution in [0.5, 0.6) is 0 Å². The first kappa shape index (κ1) is 17.8. The quantitative estimate of drug-likeness (QED) is 0.185. The molecule has 8 aromatic rings. The zero-order chi connectivity index (χ0) is 22.7. The highest BCUT2D eigenvalue weighted by Crippen LogP contribution is 2.46. The number of para-hydroxylation sites is 2. The highest BCUT2D eigenvalue weighted by atomic mass is 15.2. The molecule has 5 aromatic carbocycles. The van der Waals surface area contributed by atoms with Crippen LogP contribution in [0.2, 0.25) is 0 Å². The molecule has 3 nitrogen and oxygen atoms in total. The molecule has 1 aliphatic heterocycles. The van der Waals surface area contributed by atoms with Crippen LogP contribution in [0.1, 0.15) is 0 Å². The van der Waals surface area contributed by atoms with E-state index in [4.69, 9.17) is 0 Å². The van der Waals surface area contributed by atoms with Crippen LogP contribution < -0.4 is 4.57 Å². The van der Waals surface area contributed by atoms with Crippen molar-refractivity contribution < 1.29 is 4.57 Å². The summed E-state index contributed by atoms with van der Waals surface area (Å²) < 4.78 is 7.40. The van der Waals surface area contributed by atoms with Crippen LogP contribution in [0.15, 0.2) is 109 Å². The summed E-state index contributed by atoms with van der Waals surface area (Å²) in [6.07, 6.45) is 2.24. The third-order valence-electron chi connectivity index (χ3n) is 7.95. The largest absolute Gasteiger partial charge is 0.304 e. The smallest absolute Gasteiger partial charge is 0.241 e. The van der Waals surface area contributed by atoms with Crippen molar-refractivity contribution in [3.63, 3.8) is 0 Å². The minimum absolute atomic E-state index is 0.789. The monoisotopic (exact) mass is 446 g/mol. The highest BCUT2D eigenvalue weighted by Gasteiger charge is 2.29. The van der Waals surface area contributed by atoms with E-state index in [1.807, 2.05) is 0 Å². The number of rotatable bonds is 1. The second-order valence-electron chi connectivity index (χ2n) is 9.62. The SMILES string of the molecule is c1ccc(-n2c3ccc4c5ccccc5c5c6ccccc6n6c5c4c3c3c2ccc[n+]3C6)cc1. The van der Waals surface area contributed by atoms with E-state index in [2.05, 4.69) is 123 Å². The average molecular weight is 447 g/mol. The summed E-state index contributed by atoms with van der Waals surface area (Å²) in [6.45, 7) is 0.789. The third-order valence-corrected chi connectivity index (χ3v) is 7.95. The zero-order valence-corrected chi connectivity index (χ0v) is 18.9. The van der Waals surface area contributed by atoms with Gasteiger partial charge in [0, 0.05) is 27.9 Å². The molecule has 0 N–H and O–H groups in total. The van der Waals surface area contributed by atoms with E-state index in [0.29, 0.717) is 0 Å². The lowest BCUT2D eigenvalue weighted by Crippen LogP contribution is -2.37. The molecule has 1 aliphatic rings. The van der Waals surface area contributed by atoms with Crippen LogP contribution in [0.3, 0.4) is 0 Å². The Morgan fingerprint density at radius 1 is 0.514 bits per heavy atom. The molecule has 9 rings (SSSR count). The van der Waals surface area contributed by atoms with Crippen LogP contribution in [0.4, 0.5) is 0 Å². The van der Waals surface area contributed by atoms with Crippen molar-refractivity contribution in [1.29, 1.82) is 0 Å². The summed E-state index contributed by atoms with van der Waals surface area (Å²) in [4.78, 5) is 0. The van der Waals surface area contributed by atoms with Gasteiger partial charge in [0.05, 0.1) is 21.9 Å². The van der Waals surface area contributed by atoms with Gasteiger partial charge >= 0.3 is 0 Å². The van der Waals surface area contributed by atoms with Gasteiger partial charge in [-0.3, -0.25) is 4.57 Å². The van der Waals surface area contributed by atoms with Crippen molar-refractivity contribution in [2.45, 2.75) is 6.67 Å². The predicted molar refractivity (Wildman–Crippen MR) is 144 cm³/mol. The number of hydrogen-bond donors (Lipinski definition) is 0. The first-order valence-corrected chi connectivity index (χ1v) is 12.2. The molecule has 3 aromatic heterocycles. The Bertz CT molecular complexity index is 2180. The van der Waals surface area contributed by atoms with Crippen LogP contribution in [-0.4, -0.2) is 9.13 Å². The molecule has 0 aliphatic carbocycles. The number of hydrogen-bond acceptors (Lipinski definition) is 0. The van der Waals surface area contributed by atoms with Crippen molar-refractivity contribution in [3.8, 4) is 5.69 Å². The summed E-state index contributed by atoms with van der Waals surface area (Å²) in [5, 5.41) is 9.39. The van der Waals surface area contributed by atoms with Gasteiger partial charge in [0.2, 0.25) is 12.2 Å². The molecule has 162 valence electrons. The highest BCUT2D eigenvalue weighted by molar-refractivity contribution is 6.38. The first-order chi connectivity index (χ1) is 17.4. The maximum atomic E-state index is 2.53. The number of nitrogens with zero attached hydrogens (tertiary/aromatic N) is 3. The molecule has 0 spiro atoms. The van der Waals surface area contributed by atoms with E-state index in [1.54, 1.807) is 0 Å². The normalized spacial score (nSPS) is 13.0. The van der Waals surface area contributed by atoms with Gasteiger partial charge in [0.25, 0.3) is 0 Å². The molecule has 4 heterocycles. The molecule has 0 unspecified atom stereocenters. The van der Waals surface area contributed by atoms with E-state index in [1.165, 1.54) is 71.0 Å². The zero-order valence-electron chi connectivity index (χ0n) is 18.9. The molecule has 3 heteroatoms. The first-order valence-electron chi connectivity index (χ1n) is 12.2. The van der Waals surface area contributed by atoms with Crippen LogP contribution in [-0.2, 0) is 6.67 Å². The van der Waals surface area contributed by atoms with Crippen molar-refractivity contribution in [2.24, 2.45) is 0 Å². The van der Waals surface area contributed by atoms with Crippen LogP contribution in [0.25, 0.3) is 71.0 Å². The van der Waals surface area contributed by atoms with Gasteiger partial charge in [-0.05, 0) is 46.5 Å². The summed E-state index contributed by atoms with van der Waals surface area (Å²) in [6, 6.07) is 37.7. The number of fused-ring (bicyclic) bond motifs is 6. The van der Waals surface area contributed by atoms with Gasteiger partial charge in [-0.25, -0.2) is 0 Å². The molecule has 0 amide bonds. The lowest BCUT2D eigenvalue weighted by molar-refractivity contribution is -0.674. The Morgan fingerprint density at radius 3 is 2.11 bits per heavy atom. The Labute approximate surface area is 200 Å². The van der Waals surface area contributed by atoms with E-state index < -0.39 is 0 Å². The lowest BCUT2D eigenvalue weighted by Gasteiger charge is -2.11. The maximum Gasteiger partial charge on any atom is 0.241 e. The predicted octanol–water partition coefficient (Wildman–Crippen LogP) is 7.30. The van der Waals surface area contributed by atoms with Crippen molar-refractivity contribution in [1.82, 2.24) is 9.13 Å². The fourth-order valence-corrected chi connectivity index (χ4v) is 6.65. The summed E-state index contributed by atoms with van der Waals surface area (Å²) in [7, 11) is 0. The van der Waals surface area contributed by atoms with Crippen LogP contribution in [0, 0.1) is 0 Å². The lowest BCUT2D eigenvalue weighted by atomic mass is 9.94. The van der Waals surface area contributed by atoms with Gasteiger partial charge in [0.1, 0.15) is 5.52 Å². The fraction of sp³-hybridized carbons (Fsp3) is 0.0312. The Balaban J connectivity index is 1.68. The van der Waals surface area contributed by atoms with Gasteiger partial charge in [-0.2, -0.15) is 4.57 Å². The summed E-state index contributed by atoms with van der Waals surface area (Å²) in [5.41, 5.74) is 7.65. The van der Waals surface area contributed by atoms with Crippen molar-refractivity contribution in [3.05, 3.63) is 109 Å². The van der Waals surface area contributed by atoms with Crippen molar-refractivity contribution >= 4 is 65.3 Å². The van der Waals surface area contributed by atoms with Gasteiger partial charge in [-0.1, -0.05) is 66.7 Å². The minimum Gasteiger partial charge on any atom is -0.304 e. The molecule has 0 fully saturated rings. The molecular weight excluding hydrogens is 426 g/mol. The standard InChI is InChI=1S/C32H20N3/c1-2-9-20(10-3-1)35-26-17-16-23-21-11-4-5-12-22(21)28-24-13-6-7-14-25(24)34-19-33-18-8-15-27(35)31(33)30(26)29(23)32(28)34/h1-18H,19H2/q+1. The number of aromatic nitrogens is 3. The number of benzene rings is 5. The molecule has 0 bridgehead atoms. The van der Waals surface area contributed by atoms with Gasteiger partial charge < -0.3 is 4.57 Å². The van der Waals surface area contributed by atoms with E-state index in [-0.39, 0.29) is 0 Å². The second-order valence-corrected chi connectivity index (χ2v) is 9.62. The Morgan fingerprint density at radius 2 is 1.23 bits per heavy atom. The molecule has 0 radical (unpaired) electrons. The molecule has 0 atom stereocenters. The summed E-state index contributed by atoms with van der Waals surface area (Å²) in [5.74, 6) is 0. The van der Waals surface area contributed by atoms with Gasteiger partial charge in [-0.15, -0.1) is 0 Å². The van der Waals surface area contributed by atoms with E-state index in [0.717, 1.165) is 6.67 Å². The van der Waals surface area contributed by atoms with Crippen LogP contribution >= 0.6 is 0 Å². The second kappa shape index (κ2) is 6.08. The number of pyridine rings is 1. The Hall–Kier alpha value is -4.63. The van der Waals surface area contributed by atoms with E-state index in [9.17, 15) is 0 Å². The molecule has 0 saturated heterocycles. The molecule has 0 saturated carbocycles. The molecule has 35 heavy (non-hydrogen) atoms. The van der Waals surface area contributed by atoms with E-state index >= 15 is 0 Å². The Kier molecular flexibility index (Phi) is 3.09.